The molecule has 0 radical (unpaired) electrons. The number of nitrogens with two attached hydrogens (primary N) is 1. The second kappa shape index (κ2) is 5.77. The Bertz CT molecular complexity index is 411. The number of hydrogen-bond acceptors (Lipinski definition) is 4. The van der Waals surface area contributed by atoms with Gasteiger partial charge >= 0.3 is 0 Å². The summed E-state index contributed by atoms with van der Waals surface area (Å²) in [6.07, 6.45) is 3.23. The third-order valence-electron chi connectivity index (χ3n) is 3.74. The predicted molar refractivity (Wildman–Crippen MR) is 79.3 cm³/mol. The van der Waals surface area contributed by atoms with Gasteiger partial charge in [0.05, 0.1) is 17.4 Å². The third kappa shape index (κ3) is 3.91. The van der Waals surface area contributed by atoms with E-state index in [1.807, 2.05) is 4.68 Å². The van der Waals surface area contributed by atoms with Crippen LogP contribution in [0.3, 0.4) is 0 Å². The van der Waals surface area contributed by atoms with E-state index in [2.05, 4.69) is 49.1 Å². The van der Waals surface area contributed by atoms with Crippen LogP contribution in [0.2, 0.25) is 0 Å². The van der Waals surface area contributed by atoms with Crippen molar-refractivity contribution in [3.05, 3.63) is 11.9 Å². The molecule has 0 saturated carbocycles. The first kappa shape index (κ1) is 16.4. The van der Waals surface area contributed by atoms with Gasteiger partial charge < -0.3 is 5.73 Å². The molecular formula is C13H26ClN5. The van der Waals surface area contributed by atoms with Gasteiger partial charge in [-0.05, 0) is 45.7 Å². The van der Waals surface area contributed by atoms with E-state index in [-0.39, 0.29) is 23.4 Å². The highest BCUT2D eigenvalue weighted by atomic mass is 35.5. The minimum Gasteiger partial charge on any atom is -0.330 e. The SMILES string of the molecule is CC1(CN)CCN(Cc2cn(C(C)(C)C)nn2)C1.Cl. The van der Waals surface area contributed by atoms with E-state index in [0.29, 0.717) is 0 Å². The molecule has 1 saturated heterocycles. The van der Waals surface area contributed by atoms with Crippen molar-refractivity contribution in [2.24, 2.45) is 11.1 Å². The monoisotopic (exact) mass is 287 g/mol. The van der Waals surface area contributed by atoms with Crippen molar-refractivity contribution in [1.29, 1.82) is 0 Å². The van der Waals surface area contributed by atoms with E-state index in [9.17, 15) is 0 Å². The summed E-state index contributed by atoms with van der Waals surface area (Å²) in [5.74, 6) is 0. The number of nitrogens with zero attached hydrogens (tertiary/aromatic N) is 4. The normalized spacial score (nSPS) is 24.5. The van der Waals surface area contributed by atoms with Gasteiger partial charge in [0.2, 0.25) is 0 Å². The molecule has 110 valence electrons. The molecule has 5 nitrogen and oxygen atoms in total. The topological polar surface area (TPSA) is 60.0 Å². The van der Waals surface area contributed by atoms with Gasteiger partial charge in [-0.25, -0.2) is 4.68 Å². The first-order chi connectivity index (χ1) is 8.32. The number of halogens is 1. The molecule has 19 heavy (non-hydrogen) atoms. The van der Waals surface area contributed by atoms with Crippen LogP contribution < -0.4 is 5.73 Å². The molecule has 1 fully saturated rings. The Hall–Kier alpha value is -0.650. The number of likely N-dealkylation sites (tertiary alicyclic amines) is 1. The van der Waals surface area contributed by atoms with Crippen molar-refractivity contribution in [2.45, 2.75) is 46.2 Å². The summed E-state index contributed by atoms with van der Waals surface area (Å²) in [7, 11) is 0. The zero-order valence-corrected chi connectivity index (χ0v) is 13.2. The Morgan fingerprint density at radius 2 is 2.11 bits per heavy atom. The maximum atomic E-state index is 5.83. The van der Waals surface area contributed by atoms with Crippen molar-refractivity contribution in [2.75, 3.05) is 19.6 Å². The quantitative estimate of drug-likeness (QED) is 0.918. The standard InChI is InChI=1S/C13H25N5.ClH/c1-12(2,3)18-8-11(15-16-18)7-17-6-5-13(4,9-14)10-17;/h8H,5-7,9-10,14H2,1-4H3;1H. The Labute approximate surface area is 121 Å². The molecule has 0 amide bonds. The Balaban J connectivity index is 0.00000180. The van der Waals surface area contributed by atoms with Crippen LogP contribution in [0.1, 0.15) is 39.8 Å². The highest BCUT2D eigenvalue weighted by Crippen LogP contribution is 2.29. The van der Waals surface area contributed by atoms with Gasteiger partial charge in [0.15, 0.2) is 0 Å². The second-order valence-electron chi connectivity index (χ2n) is 6.80. The van der Waals surface area contributed by atoms with Gasteiger partial charge in [0.25, 0.3) is 0 Å². The van der Waals surface area contributed by atoms with Crippen LogP contribution >= 0.6 is 12.4 Å². The molecule has 0 aliphatic carbocycles. The van der Waals surface area contributed by atoms with E-state index in [1.54, 1.807) is 0 Å². The molecule has 2 rings (SSSR count). The van der Waals surface area contributed by atoms with Crippen molar-refractivity contribution >= 4 is 12.4 Å². The summed E-state index contributed by atoms with van der Waals surface area (Å²) in [6.45, 7) is 12.5. The molecule has 2 heterocycles. The molecule has 0 spiro atoms. The second-order valence-corrected chi connectivity index (χ2v) is 6.80. The van der Waals surface area contributed by atoms with Gasteiger partial charge in [-0.15, -0.1) is 17.5 Å². The van der Waals surface area contributed by atoms with Gasteiger partial charge in [0, 0.05) is 13.1 Å². The molecule has 0 bridgehead atoms. The minimum absolute atomic E-state index is 0. The van der Waals surface area contributed by atoms with E-state index in [1.165, 1.54) is 6.42 Å². The van der Waals surface area contributed by atoms with Gasteiger partial charge in [-0.1, -0.05) is 12.1 Å². The van der Waals surface area contributed by atoms with Crippen LogP contribution in [-0.4, -0.2) is 39.5 Å². The average Bonchev–Trinajstić information content (AvgIpc) is 2.86. The fourth-order valence-corrected chi connectivity index (χ4v) is 2.36. The van der Waals surface area contributed by atoms with Crippen molar-refractivity contribution in [1.82, 2.24) is 19.9 Å². The molecule has 1 aromatic heterocycles. The largest absolute Gasteiger partial charge is 0.330 e. The van der Waals surface area contributed by atoms with Gasteiger partial charge in [-0.3, -0.25) is 4.90 Å². The number of aromatic nitrogens is 3. The lowest BCUT2D eigenvalue weighted by atomic mass is 9.90. The van der Waals surface area contributed by atoms with E-state index in [4.69, 9.17) is 5.73 Å². The summed E-state index contributed by atoms with van der Waals surface area (Å²) < 4.78 is 1.93. The molecule has 1 unspecified atom stereocenters. The zero-order valence-electron chi connectivity index (χ0n) is 12.4. The molecule has 1 aliphatic rings. The van der Waals surface area contributed by atoms with Crippen molar-refractivity contribution in [3.8, 4) is 0 Å². The van der Waals surface area contributed by atoms with Gasteiger partial charge in [0.1, 0.15) is 0 Å². The van der Waals surface area contributed by atoms with Gasteiger partial charge in [-0.2, -0.15) is 0 Å². The smallest absolute Gasteiger partial charge is 0.0967 e. The fraction of sp³-hybridized carbons (Fsp3) is 0.846. The predicted octanol–water partition coefficient (Wildman–Crippen LogP) is 1.63. The summed E-state index contributed by atoms with van der Waals surface area (Å²) in [5.41, 5.74) is 7.15. The Kier molecular flexibility index (Phi) is 4.98. The van der Waals surface area contributed by atoms with Crippen molar-refractivity contribution < 1.29 is 0 Å². The summed E-state index contributed by atoms with van der Waals surface area (Å²) in [5, 5.41) is 8.46. The van der Waals surface area contributed by atoms with E-state index >= 15 is 0 Å². The fourth-order valence-electron chi connectivity index (χ4n) is 2.36. The zero-order chi connectivity index (χ0) is 13.4. The number of rotatable bonds is 3. The molecule has 0 aromatic carbocycles. The lowest BCUT2D eigenvalue weighted by molar-refractivity contribution is 0.272. The molecule has 1 aromatic rings. The average molecular weight is 288 g/mol. The molecule has 2 N–H and O–H groups in total. The first-order valence-corrected chi connectivity index (χ1v) is 6.67. The summed E-state index contributed by atoms with van der Waals surface area (Å²) in [4.78, 5) is 2.42. The van der Waals surface area contributed by atoms with Crippen LogP contribution in [0.5, 0.6) is 0 Å². The summed E-state index contributed by atoms with van der Waals surface area (Å²) >= 11 is 0. The molecule has 1 aliphatic heterocycles. The van der Waals surface area contributed by atoms with E-state index < -0.39 is 0 Å². The molecule has 1 atom stereocenters. The summed E-state index contributed by atoms with van der Waals surface area (Å²) in [6, 6.07) is 0. The Morgan fingerprint density at radius 3 is 2.58 bits per heavy atom. The van der Waals surface area contributed by atoms with Crippen LogP contribution in [0, 0.1) is 5.41 Å². The van der Waals surface area contributed by atoms with Crippen molar-refractivity contribution in [3.63, 3.8) is 0 Å². The van der Waals surface area contributed by atoms with Crippen LogP contribution in [0.4, 0.5) is 0 Å². The number of hydrogen-bond donors (Lipinski definition) is 1. The lowest BCUT2D eigenvalue weighted by Crippen LogP contribution is -2.31. The highest BCUT2D eigenvalue weighted by Gasteiger charge is 2.32. The molecule has 6 heteroatoms. The molecular weight excluding hydrogens is 262 g/mol. The third-order valence-corrected chi connectivity index (χ3v) is 3.74. The van der Waals surface area contributed by atoms with Crippen LogP contribution in [-0.2, 0) is 12.1 Å². The minimum atomic E-state index is 0. The first-order valence-electron chi connectivity index (χ1n) is 6.67. The van der Waals surface area contributed by atoms with Crippen LogP contribution in [0.15, 0.2) is 6.20 Å². The maximum Gasteiger partial charge on any atom is 0.0967 e. The van der Waals surface area contributed by atoms with E-state index in [0.717, 1.165) is 31.9 Å². The Morgan fingerprint density at radius 1 is 1.42 bits per heavy atom. The maximum absolute atomic E-state index is 5.83. The van der Waals surface area contributed by atoms with Crippen LogP contribution in [0.25, 0.3) is 0 Å². The highest BCUT2D eigenvalue weighted by molar-refractivity contribution is 5.85. The lowest BCUT2D eigenvalue weighted by Gasteiger charge is -2.22.